The Morgan fingerprint density at radius 1 is 0.800 bits per heavy atom. The third-order valence-electron chi connectivity index (χ3n) is 3.37. The molecule has 1 aromatic heterocycles. The van der Waals surface area contributed by atoms with Gasteiger partial charge in [-0.15, -0.1) is 0 Å². The lowest BCUT2D eigenvalue weighted by Crippen LogP contribution is -1.99. The van der Waals surface area contributed by atoms with E-state index in [0.29, 0.717) is 0 Å². The highest BCUT2D eigenvalue weighted by molar-refractivity contribution is 5.59. The van der Waals surface area contributed by atoms with Crippen LogP contribution in [0.4, 0.5) is 0 Å². The summed E-state index contributed by atoms with van der Waals surface area (Å²) in [6.07, 6.45) is 0.828. The molecule has 0 aliphatic carbocycles. The van der Waals surface area contributed by atoms with Crippen LogP contribution < -0.4 is 0 Å². The number of hydrogen-bond donors (Lipinski definition) is 0. The first-order valence-electron chi connectivity index (χ1n) is 6.75. The van der Waals surface area contributed by atoms with E-state index in [-0.39, 0.29) is 0 Å². The summed E-state index contributed by atoms with van der Waals surface area (Å²) in [4.78, 5) is 0. The third-order valence-corrected chi connectivity index (χ3v) is 3.37. The zero-order valence-corrected chi connectivity index (χ0v) is 11.5. The van der Waals surface area contributed by atoms with Gasteiger partial charge in [-0.3, -0.25) is 0 Å². The first-order chi connectivity index (χ1) is 9.83. The molecule has 20 heavy (non-hydrogen) atoms. The van der Waals surface area contributed by atoms with E-state index in [4.69, 9.17) is 0 Å². The van der Waals surface area contributed by atoms with Crippen molar-refractivity contribution >= 4 is 0 Å². The summed E-state index contributed by atoms with van der Waals surface area (Å²) < 4.78 is 0. The SMILES string of the molecule is Cc1cc(-c2ccccc2)nnc1Cc1ccccc1. The summed E-state index contributed by atoms with van der Waals surface area (Å²) in [5, 5.41) is 8.76. The van der Waals surface area contributed by atoms with Crippen LogP contribution in [0.2, 0.25) is 0 Å². The van der Waals surface area contributed by atoms with Crippen LogP contribution in [0.5, 0.6) is 0 Å². The van der Waals surface area contributed by atoms with Gasteiger partial charge in [0.2, 0.25) is 0 Å². The molecule has 3 aromatic rings. The van der Waals surface area contributed by atoms with E-state index in [2.05, 4.69) is 59.6 Å². The summed E-state index contributed by atoms with van der Waals surface area (Å²) in [5.74, 6) is 0. The standard InChI is InChI=1S/C18H16N2/c1-14-12-18(16-10-6-3-7-11-16)20-19-17(14)13-15-8-4-2-5-9-15/h2-12H,13H2,1H3. The van der Waals surface area contributed by atoms with Gasteiger partial charge in [-0.05, 0) is 24.1 Å². The first-order valence-corrected chi connectivity index (χ1v) is 6.75. The van der Waals surface area contributed by atoms with Crippen molar-refractivity contribution < 1.29 is 0 Å². The molecular weight excluding hydrogens is 244 g/mol. The van der Waals surface area contributed by atoms with Crippen LogP contribution in [-0.2, 0) is 6.42 Å². The molecule has 0 atom stereocenters. The van der Waals surface area contributed by atoms with Gasteiger partial charge in [0.15, 0.2) is 0 Å². The average molecular weight is 260 g/mol. The second kappa shape index (κ2) is 5.66. The van der Waals surface area contributed by atoms with Crippen molar-refractivity contribution in [2.75, 3.05) is 0 Å². The summed E-state index contributed by atoms with van der Waals surface area (Å²) >= 11 is 0. The second-order valence-electron chi connectivity index (χ2n) is 4.89. The molecule has 2 heteroatoms. The molecule has 0 fully saturated rings. The van der Waals surface area contributed by atoms with Gasteiger partial charge in [0, 0.05) is 12.0 Å². The average Bonchev–Trinajstić information content (AvgIpc) is 2.51. The Kier molecular flexibility index (Phi) is 3.55. The van der Waals surface area contributed by atoms with E-state index in [9.17, 15) is 0 Å². The molecule has 0 aliphatic rings. The normalized spacial score (nSPS) is 10.4. The van der Waals surface area contributed by atoms with Crippen LogP contribution in [0.15, 0.2) is 66.7 Å². The summed E-state index contributed by atoms with van der Waals surface area (Å²) in [6, 6.07) is 22.6. The van der Waals surface area contributed by atoms with Crippen molar-refractivity contribution in [3.8, 4) is 11.3 Å². The molecular formula is C18H16N2. The number of benzene rings is 2. The highest BCUT2D eigenvalue weighted by Crippen LogP contribution is 2.19. The van der Waals surface area contributed by atoms with Crippen molar-refractivity contribution in [1.82, 2.24) is 10.2 Å². The largest absolute Gasteiger partial charge is 0.154 e. The Bertz CT molecular complexity index is 691. The van der Waals surface area contributed by atoms with Crippen molar-refractivity contribution in [2.24, 2.45) is 0 Å². The Labute approximate surface area is 119 Å². The van der Waals surface area contributed by atoms with Gasteiger partial charge < -0.3 is 0 Å². The zero-order valence-electron chi connectivity index (χ0n) is 11.5. The van der Waals surface area contributed by atoms with Gasteiger partial charge in [0.25, 0.3) is 0 Å². The molecule has 0 bridgehead atoms. The van der Waals surface area contributed by atoms with Crippen LogP contribution in [0.3, 0.4) is 0 Å². The van der Waals surface area contributed by atoms with Crippen LogP contribution >= 0.6 is 0 Å². The summed E-state index contributed by atoms with van der Waals surface area (Å²) in [5.41, 5.74) is 5.52. The fraction of sp³-hybridized carbons (Fsp3) is 0.111. The molecule has 98 valence electrons. The van der Waals surface area contributed by atoms with Gasteiger partial charge in [-0.2, -0.15) is 10.2 Å². The Balaban J connectivity index is 1.89. The topological polar surface area (TPSA) is 25.8 Å². The minimum absolute atomic E-state index is 0.828. The predicted molar refractivity (Wildman–Crippen MR) is 81.5 cm³/mol. The van der Waals surface area contributed by atoms with Gasteiger partial charge in [-0.25, -0.2) is 0 Å². The molecule has 0 N–H and O–H groups in total. The molecule has 0 aliphatic heterocycles. The molecule has 0 saturated heterocycles. The zero-order chi connectivity index (χ0) is 13.8. The minimum atomic E-state index is 0.828. The molecule has 0 amide bonds. The number of rotatable bonds is 3. The molecule has 0 unspecified atom stereocenters. The van der Waals surface area contributed by atoms with Crippen LogP contribution in [0.25, 0.3) is 11.3 Å². The fourth-order valence-electron chi connectivity index (χ4n) is 2.22. The van der Waals surface area contributed by atoms with Gasteiger partial charge in [-0.1, -0.05) is 60.7 Å². The highest BCUT2D eigenvalue weighted by atomic mass is 15.1. The fourth-order valence-corrected chi connectivity index (χ4v) is 2.22. The van der Waals surface area contributed by atoms with E-state index in [1.807, 2.05) is 24.3 Å². The van der Waals surface area contributed by atoms with Crippen molar-refractivity contribution in [3.05, 3.63) is 83.6 Å². The number of aryl methyl sites for hydroxylation is 1. The van der Waals surface area contributed by atoms with E-state index in [1.54, 1.807) is 0 Å². The van der Waals surface area contributed by atoms with E-state index in [1.165, 1.54) is 11.1 Å². The maximum Gasteiger partial charge on any atom is 0.0932 e. The lowest BCUT2D eigenvalue weighted by Gasteiger charge is -2.06. The number of aromatic nitrogens is 2. The molecule has 2 aromatic carbocycles. The lowest BCUT2D eigenvalue weighted by molar-refractivity contribution is 0.923. The van der Waals surface area contributed by atoms with Crippen molar-refractivity contribution in [2.45, 2.75) is 13.3 Å². The van der Waals surface area contributed by atoms with E-state index < -0.39 is 0 Å². The van der Waals surface area contributed by atoms with E-state index >= 15 is 0 Å². The van der Waals surface area contributed by atoms with Crippen LogP contribution in [0, 0.1) is 6.92 Å². The van der Waals surface area contributed by atoms with Gasteiger partial charge >= 0.3 is 0 Å². The summed E-state index contributed by atoms with van der Waals surface area (Å²) in [7, 11) is 0. The first kappa shape index (κ1) is 12.5. The second-order valence-corrected chi connectivity index (χ2v) is 4.89. The monoisotopic (exact) mass is 260 g/mol. The number of nitrogens with zero attached hydrogens (tertiary/aromatic N) is 2. The quantitative estimate of drug-likeness (QED) is 0.710. The molecule has 1 heterocycles. The maximum absolute atomic E-state index is 4.40. The van der Waals surface area contributed by atoms with Crippen LogP contribution in [0.1, 0.15) is 16.8 Å². The van der Waals surface area contributed by atoms with Gasteiger partial charge in [0.05, 0.1) is 11.4 Å². The highest BCUT2D eigenvalue weighted by Gasteiger charge is 2.06. The maximum atomic E-state index is 4.40. The summed E-state index contributed by atoms with van der Waals surface area (Å²) in [6.45, 7) is 2.10. The Morgan fingerprint density at radius 2 is 1.45 bits per heavy atom. The molecule has 0 saturated carbocycles. The molecule has 2 nitrogen and oxygen atoms in total. The smallest absolute Gasteiger partial charge is 0.0932 e. The molecule has 0 radical (unpaired) electrons. The Hall–Kier alpha value is -2.48. The Morgan fingerprint density at radius 3 is 2.10 bits per heavy atom. The third kappa shape index (κ3) is 2.75. The molecule has 0 spiro atoms. The van der Waals surface area contributed by atoms with Crippen molar-refractivity contribution in [3.63, 3.8) is 0 Å². The van der Waals surface area contributed by atoms with Crippen molar-refractivity contribution in [1.29, 1.82) is 0 Å². The lowest BCUT2D eigenvalue weighted by atomic mass is 10.0. The van der Waals surface area contributed by atoms with E-state index in [0.717, 1.165) is 23.4 Å². The predicted octanol–water partition coefficient (Wildman–Crippen LogP) is 4.04. The number of hydrogen-bond acceptors (Lipinski definition) is 2. The van der Waals surface area contributed by atoms with Crippen LogP contribution in [-0.4, -0.2) is 10.2 Å². The minimum Gasteiger partial charge on any atom is -0.154 e. The van der Waals surface area contributed by atoms with Gasteiger partial charge in [0.1, 0.15) is 0 Å². The molecule has 3 rings (SSSR count).